The average molecular weight is 387 g/mol. The van der Waals surface area contributed by atoms with E-state index in [0.717, 1.165) is 31.5 Å². The van der Waals surface area contributed by atoms with Gasteiger partial charge in [-0.25, -0.2) is 0 Å². The SMILES string of the molecule is CC(NC(=O)CN1CCCC(CCC(=O)O)C1)c1ccc(Cl)c(Cl)c1. The molecule has 1 fully saturated rings. The van der Waals surface area contributed by atoms with E-state index < -0.39 is 5.97 Å². The normalized spacial score (nSPS) is 19.4. The van der Waals surface area contributed by atoms with Crippen molar-refractivity contribution in [3.05, 3.63) is 33.8 Å². The number of hydrogen-bond donors (Lipinski definition) is 2. The molecule has 2 unspecified atom stereocenters. The predicted molar refractivity (Wildman–Crippen MR) is 99.1 cm³/mol. The van der Waals surface area contributed by atoms with Crippen LogP contribution < -0.4 is 5.32 Å². The van der Waals surface area contributed by atoms with E-state index in [9.17, 15) is 9.59 Å². The third-order valence-electron chi connectivity index (χ3n) is 4.56. The van der Waals surface area contributed by atoms with Gasteiger partial charge in [-0.2, -0.15) is 0 Å². The summed E-state index contributed by atoms with van der Waals surface area (Å²) in [4.78, 5) is 25.1. The van der Waals surface area contributed by atoms with Gasteiger partial charge < -0.3 is 10.4 Å². The fourth-order valence-corrected chi connectivity index (χ4v) is 3.52. The van der Waals surface area contributed by atoms with Crippen LogP contribution in [0.3, 0.4) is 0 Å². The summed E-state index contributed by atoms with van der Waals surface area (Å²) in [5.41, 5.74) is 0.903. The highest BCUT2D eigenvalue weighted by Crippen LogP contribution is 2.25. The average Bonchev–Trinajstić information content (AvgIpc) is 2.55. The van der Waals surface area contributed by atoms with Crippen LogP contribution in [0.25, 0.3) is 0 Å². The molecule has 7 heteroatoms. The molecule has 0 saturated carbocycles. The number of nitrogens with one attached hydrogen (secondary N) is 1. The van der Waals surface area contributed by atoms with Gasteiger partial charge in [-0.05, 0) is 56.3 Å². The lowest BCUT2D eigenvalue weighted by Gasteiger charge is -2.32. The number of piperidine rings is 1. The second kappa shape index (κ2) is 9.41. The number of rotatable bonds is 7. The molecule has 0 aliphatic carbocycles. The largest absolute Gasteiger partial charge is 0.481 e. The Hall–Kier alpha value is -1.30. The maximum Gasteiger partial charge on any atom is 0.303 e. The summed E-state index contributed by atoms with van der Waals surface area (Å²) in [5.74, 6) is -0.451. The molecule has 1 amide bonds. The van der Waals surface area contributed by atoms with Crippen LogP contribution in [0.5, 0.6) is 0 Å². The van der Waals surface area contributed by atoms with Gasteiger partial charge in [-0.15, -0.1) is 0 Å². The Labute approximate surface area is 158 Å². The Balaban J connectivity index is 1.82. The topological polar surface area (TPSA) is 69.6 Å². The Morgan fingerprint density at radius 3 is 2.80 bits per heavy atom. The first kappa shape index (κ1) is 20.0. The van der Waals surface area contributed by atoms with Crippen molar-refractivity contribution in [1.82, 2.24) is 10.2 Å². The van der Waals surface area contributed by atoms with Gasteiger partial charge in [0.1, 0.15) is 0 Å². The zero-order valence-electron chi connectivity index (χ0n) is 14.3. The van der Waals surface area contributed by atoms with Crippen molar-refractivity contribution < 1.29 is 14.7 Å². The lowest BCUT2D eigenvalue weighted by molar-refractivity contribution is -0.137. The molecule has 0 spiro atoms. The van der Waals surface area contributed by atoms with E-state index in [1.54, 1.807) is 12.1 Å². The van der Waals surface area contributed by atoms with Crippen molar-refractivity contribution in [2.24, 2.45) is 5.92 Å². The standard InChI is InChI=1S/C18H24Cl2N2O3/c1-12(14-5-6-15(19)16(20)9-14)21-17(23)11-22-8-2-3-13(10-22)4-7-18(24)25/h5-6,9,12-13H,2-4,7-8,10-11H2,1H3,(H,21,23)(H,24,25). The predicted octanol–water partition coefficient (Wildman–Crippen LogP) is 3.75. The second-order valence-electron chi connectivity index (χ2n) is 6.64. The highest BCUT2D eigenvalue weighted by molar-refractivity contribution is 6.42. The molecule has 1 saturated heterocycles. The number of nitrogens with zero attached hydrogens (tertiary/aromatic N) is 1. The van der Waals surface area contributed by atoms with Gasteiger partial charge in [0, 0.05) is 13.0 Å². The molecule has 2 atom stereocenters. The maximum absolute atomic E-state index is 12.3. The molecule has 1 aliphatic heterocycles. The summed E-state index contributed by atoms with van der Waals surface area (Å²) >= 11 is 11.9. The summed E-state index contributed by atoms with van der Waals surface area (Å²) in [6.45, 7) is 3.89. The monoisotopic (exact) mass is 386 g/mol. The number of carbonyl (C=O) groups is 2. The van der Waals surface area contributed by atoms with E-state index in [1.807, 2.05) is 13.0 Å². The molecule has 2 rings (SSSR count). The third-order valence-corrected chi connectivity index (χ3v) is 5.30. The first-order valence-corrected chi connectivity index (χ1v) is 9.29. The summed E-state index contributed by atoms with van der Waals surface area (Å²) in [7, 11) is 0. The summed E-state index contributed by atoms with van der Waals surface area (Å²) in [6, 6.07) is 5.18. The van der Waals surface area contributed by atoms with E-state index in [-0.39, 0.29) is 18.4 Å². The number of halogens is 2. The van der Waals surface area contributed by atoms with Crippen LogP contribution in [0.1, 0.15) is 44.2 Å². The molecule has 25 heavy (non-hydrogen) atoms. The first-order chi connectivity index (χ1) is 11.8. The van der Waals surface area contributed by atoms with Crippen LogP contribution in [-0.4, -0.2) is 41.5 Å². The minimum absolute atomic E-state index is 0.0440. The number of hydrogen-bond acceptors (Lipinski definition) is 3. The highest BCUT2D eigenvalue weighted by atomic mass is 35.5. The minimum Gasteiger partial charge on any atom is -0.481 e. The molecule has 0 bridgehead atoms. The maximum atomic E-state index is 12.3. The lowest BCUT2D eigenvalue weighted by atomic mass is 9.93. The van der Waals surface area contributed by atoms with E-state index in [1.165, 1.54) is 0 Å². The fraction of sp³-hybridized carbons (Fsp3) is 0.556. The van der Waals surface area contributed by atoms with Crippen molar-refractivity contribution in [2.75, 3.05) is 19.6 Å². The minimum atomic E-state index is -0.759. The first-order valence-electron chi connectivity index (χ1n) is 8.53. The second-order valence-corrected chi connectivity index (χ2v) is 7.45. The van der Waals surface area contributed by atoms with Gasteiger partial charge >= 0.3 is 5.97 Å². The van der Waals surface area contributed by atoms with Crippen LogP contribution >= 0.6 is 23.2 Å². The van der Waals surface area contributed by atoms with Gasteiger partial charge in [0.25, 0.3) is 0 Å². The van der Waals surface area contributed by atoms with Crippen molar-refractivity contribution in [3.8, 4) is 0 Å². The van der Waals surface area contributed by atoms with Crippen molar-refractivity contribution in [3.63, 3.8) is 0 Å². The van der Waals surface area contributed by atoms with Crippen LogP contribution in [0.15, 0.2) is 18.2 Å². The van der Waals surface area contributed by atoms with Crippen molar-refractivity contribution in [1.29, 1.82) is 0 Å². The summed E-state index contributed by atoms with van der Waals surface area (Å²) < 4.78 is 0. The molecule has 1 aromatic rings. The van der Waals surface area contributed by atoms with Gasteiger partial charge in [0.15, 0.2) is 0 Å². The number of amides is 1. The number of benzene rings is 1. The van der Waals surface area contributed by atoms with E-state index in [4.69, 9.17) is 28.3 Å². The quantitative estimate of drug-likeness (QED) is 0.748. The molecule has 1 aromatic carbocycles. The molecular weight excluding hydrogens is 363 g/mol. The summed E-state index contributed by atoms with van der Waals surface area (Å²) in [6.07, 6.45) is 2.90. The van der Waals surface area contributed by atoms with Gasteiger partial charge in [-0.3, -0.25) is 14.5 Å². The summed E-state index contributed by atoms with van der Waals surface area (Å²) in [5, 5.41) is 12.7. The molecule has 5 nitrogen and oxygen atoms in total. The molecule has 2 N–H and O–H groups in total. The van der Waals surface area contributed by atoms with E-state index >= 15 is 0 Å². The Kier molecular flexibility index (Phi) is 7.54. The van der Waals surface area contributed by atoms with E-state index in [0.29, 0.717) is 28.9 Å². The molecular formula is C18H24Cl2N2O3. The number of carboxylic acids is 1. The van der Waals surface area contributed by atoms with E-state index in [2.05, 4.69) is 10.2 Å². The molecule has 1 heterocycles. The molecule has 138 valence electrons. The Morgan fingerprint density at radius 1 is 1.36 bits per heavy atom. The Bertz CT molecular complexity index is 624. The van der Waals surface area contributed by atoms with Crippen molar-refractivity contribution >= 4 is 35.1 Å². The Morgan fingerprint density at radius 2 is 2.12 bits per heavy atom. The van der Waals surface area contributed by atoms with Gasteiger partial charge in [0.05, 0.1) is 22.6 Å². The van der Waals surface area contributed by atoms with Gasteiger partial charge in [-0.1, -0.05) is 29.3 Å². The third kappa shape index (κ3) is 6.49. The van der Waals surface area contributed by atoms with Crippen LogP contribution in [0, 0.1) is 5.92 Å². The molecule has 0 aromatic heterocycles. The number of likely N-dealkylation sites (tertiary alicyclic amines) is 1. The number of carboxylic acid groups (broad SMARTS) is 1. The molecule has 1 aliphatic rings. The van der Waals surface area contributed by atoms with Crippen molar-refractivity contribution in [2.45, 2.75) is 38.6 Å². The smallest absolute Gasteiger partial charge is 0.303 e. The lowest BCUT2D eigenvalue weighted by Crippen LogP contribution is -2.43. The van der Waals surface area contributed by atoms with Crippen LogP contribution in [-0.2, 0) is 9.59 Å². The fourth-order valence-electron chi connectivity index (χ4n) is 3.21. The number of carbonyl (C=O) groups excluding carboxylic acids is 1. The zero-order chi connectivity index (χ0) is 18.4. The van der Waals surface area contributed by atoms with Crippen LogP contribution in [0.4, 0.5) is 0 Å². The number of aliphatic carboxylic acids is 1. The highest BCUT2D eigenvalue weighted by Gasteiger charge is 2.22. The zero-order valence-corrected chi connectivity index (χ0v) is 15.8. The van der Waals surface area contributed by atoms with Crippen LogP contribution in [0.2, 0.25) is 10.0 Å². The molecule has 0 radical (unpaired) electrons. The van der Waals surface area contributed by atoms with Gasteiger partial charge in [0.2, 0.25) is 5.91 Å².